The molecule has 1 aromatic carbocycles. The molecule has 0 bridgehead atoms. The van der Waals surface area contributed by atoms with E-state index in [4.69, 9.17) is 18.0 Å². The van der Waals surface area contributed by atoms with Gasteiger partial charge in [0.05, 0.1) is 0 Å². The molecule has 0 atom stereocenters. The first-order valence-electron chi connectivity index (χ1n) is 4.64. The minimum atomic E-state index is -0.0467. The van der Waals surface area contributed by atoms with E-state index in [-0.39, 0.29) is 5.78 Å². The summed E-state index contributed by atoms with van der Waals surface area (Å²) in [5, 5.41) is 0.567. The Hall–Kier alpha value is -1.52. The van der Waals surface area contributed by atoms with Gasteiger partial charge in [-0.3, -0.25) is 4.79 Å². The number of unbranched alkanes of at least 4 members (excludes halogenated alkanes) is 1. The second kappa shape index (κ2) is 6.06. The molecule has 0 amide bonds. The van der Waals surface area contributed by atoms with E-state index in [0.717, 1.165) is 6.42 Å². The van der Waals surface area contributed by atoms with Crippen LogP contribution in [0.3, 0.4) is 0 Å². The van der Waals surface area contributed by atoms with Gasteiger partial charge in [-0.2, -0.15) is 0 Å². The van der Waals surface area contributed by atoms with E-state index in [1.165, 1.54) is 6.08 Å². The van der Waals surface area contributed by atoms with Crippen molar-refractivity contribution in [3.05, 3.63) is 47.0 Å². The van der Waals surface area contributed by atoms with Gasteiger partial charge in [0, 0.05) is 17.0 Å². The minimum absolute atomic E-state index is 0.0467. The first-order valence-corrected chi connectivity index (χ1v) is 5.01. The van der Waals surface area contributed by atoms with Gasteiger partial charge in [-0.25, -0.2) is 0 Å². The molecule has 0 aliphatic carbocycles. The van der Waals surface area contributed by atoms with Crippen LogP contribution < -0.4 is 0 Å². The van der Waals surface area contributed by atoms with E-state index in [9.17, 15) is 4.79 Å². The van der Waals surface area contributed by atoms with Crippen molar-refractivity contribution in [3.8, 4) is 12.3 Å². The molecule has 2 heteroatoms. The number of halogens is 1. The Kier molecular flexibility index (Phi) is 4.66. The molecule has 0 aliphatic heterocycles. The Bertz CT molecular complexity index is 413. The highest BCUT2D eigenvalue weighted by atomic mass is 35.5. The maximum Gasteiger partial charge on any atom is 0.185 e. The number of hydrogen-bond acceptors (Lipinski definition) is 1. The van der Waals surface area contributed by atoms with Gasteiger partial charge in [-0.1, -0.05) is 29.8 Å². The number of terminal acetylenes is 1. The smallest absolute Gasteiger partial charge is 0.185 e. The molecule has 76 valence electrons. The van der Waals surface area contributed by atoms with Crippen LogP contribution in [0.4, 0.5) is 0 Å². The average molecular weight is 219 g/mol. The van der Waals surface area contributed by atoms with Crippen molar-refractivity contribution in [3.63, 3.8) is 0 Å². The van der Waals surface area contributed by atoms with Gasteiger partial charge in [-0.05, 0) is 24.6 Å². The van der Waals surface area contributed by atoms with Crippen LogP contribution in [0.15, 0.2) is 36.4 Å². The molecule has 1 nitrogen and oxygen atoms in total. The summed E-state index contributed by atoms with van der Waals surface area (Å²) in [6, 6.07) is 6.88. The molecule has 0 heterocycles. The number of allylic oxidation sites excluding steroid dienone is 2. The first kappa shape index (κ1) is 11.6. The lowest BCUT2D eigenvalue weighted by molar-refractivity contribution is 0.104. The zero-order valence-electron chi connectivity index (χ0n) is 8.24. The number of hydrogen-bond donors (Lipinski definition) is 0. The fourth-order valence-corrected chi connectivity index (χ4v) is 1.29. The van der Waals surface area contributed by atoms with Crippen molar-refractivity contribution in [2.24, 2.45) is 0 Å². The third kappa shape index (κ3) is 4.01. The van der Waals surface area contributed by atoms with Gasteiger partial charge < -0.3 is 0 Å². The maximum atomic E-state index is 11.6. The molecule has 0 aromatic heterocycles. The largest absolute Gasteiger partial charge is 0.289 e. The zero-order chi connectivity index (χ0) is 11.1. The monoisotopic (exact) mass is 218 g/mol. The SMILES string of the molecule is C#CCC/C=C/C(=O)c1cccc(Cl)c1. The maximum absolute atomic E-state index is 11.6. The molecule has 0 saturated heterocycles. The van der Waals surface area contributed by atoms with Crippen LogP contribution in [0.5, 0.6) is 0 Å². The Morgan fingerprint density at radius 2 is 2.33 bits per heavy atom. The lowest BCUT2D eigenvalue weighted by Crippen LogP contribution is -1.93. The molecule has 0 aliphatic rings. The van der Waals surface area contributed by atoms with Crippen LogP contribution in [0.1, 0.15) is 23.2 Å². The van der Waals surface area contributed by atoms with E-state index < -0.39 is 0 Å². The Morgan fingerprint density at radius 3 is 3.00 bits per heavy atom. The highest BCUT2D eigenvalue weighted by molar-refractivity contribution is 6.31. The number of carbonyl (C=O) groups is 1. The predicted octanol–water partition coefficient (Wildman–Crippen LogP) is 3.49. The summed E-state index contributed by atoms with van der Waals surface area (Å²) in [5.74, 6) is 2.46. The van der Waals surface area contributed by atoms with Gasteiger partial charge in [-0.15, -0.1) is 12.3 Å². The highest BCUT2D eigenvalue weighted by Gasteiger charge is 2.00. The van der Waals surface area contributed by atoms with Gasteiger partial charge in [0.15, 0.2) is 5.78 Å². The molecule has 0 saturated carbocycles. The highest BCUT2D eigenvalue weighted by Crippen LogP contribution is 2.11. The number of carbonyl (C=O) groups excluding carboxylic acids is 1. The standard InChI is InChI=1S/C13H11ClO/c1-2-3-4-5-9-13(15)11-7-6-8-12(14)10-11/h1,5-10H,3-4H2/b9-5+. The predicted molar refractivity (Wildman–Crippen MR) is 63.0 cm³/mol. The van der Waals surface area contributed by atoms with Gasteiger partial charge in [0.1, 0.15) is 0 Å². The summed E-state index contributed by atoms with van der Waals surface area (Å²) in [7, 11) is 0. The van der Waals surface area contributed by atoms with Crippen LogP contribution in [-0.2, 0) is 0 Å². The Labute approximate surface area is 94.8 Å². The third-order valence-electron chi connectivity index (χ3n) is 1.83. The van der Waals surface area contributed by atoms with E-state index in [0.29, 0.717) is 17.0 Å². The van der Waals surface area contributed by atoms with E-state index in [2.05, 4.69) is 5.92 Å². The minimum Gasteiger partial charge on any atom is -0.289 e. The van der Waals surface area contributed by atoms with Crippen LogP contribution >= 0.6 is 11.6 Å². The molecule has 0 unspecified atom stereocenters. The Balaban J connectivity index is 2.62. The molecule has 0 fully saturated rings. The molecule has 0 radical (unpaired) electrons. The summed E-state index contributed by atoms with van der Waals surface area (Å²) < 4.78 is 0. The molecule has 0 spiro atoms. The van der Waals surface area contributed by atoms with Crippen molar-refractivity contribution in [2.45, 2.75) is 12.8 Å². The summed E-state index contributed by atoms with van der Waals surface area (Å²) in [6.45, 7) is 0. The van der Waals surface area contributed by atoms with Gasteiger partial charge in [0.2, 0.25) is 0 Å². The van der Waals surface area contributed by atoms with Crippen LogP contribution in [-0.4, -0.2) is 5.78 Å². The van der Waals surface area contributed by atoms with Crippen molar-refractivity contribution >= 4 is 17.4 Å². The van der Waals surface area contributed by atoms with Gasteiger partial charge >= 0.3 is 0 Å². The topological polar surface area (TPSA) is 17.1 Å². The van der Waals surface area contributed by atoms with Gasteiger partial charge in [0.25, 0.3) is 0 Å². The average Bonchev–Trinajstić information content (AvgIpc) is 2.24. The lowest BCUT2D eigenvalue weighted by Gasteiger charge is -1.95. The lowest BCUT2D eigenvalue weighted by atomic mass is 10.1. The fourth-order valence-electron chi connectivity index (χ4n) is 1.10. The second-order valence-electron chi connectivity index (χ2n) is 3.02. The van der Waals surface area contributed by atoms with Crippen molar-refractivity contribution < 1.29 is 4.79 Å². The number of benzene rings is 1. The summed E-state index contributed by atoms with van der Waals surface area (Å²) in [6.07, 6.45) is 9.78. The summed E-state index contributed by atoms with van der Waals surface area (Å²) >= 11 is 5.77. The molecule has 15 heavy (non-hydrogen) atoms. The molecule has 0 N–H and O–H groups in total. The first-order chi connectivity index (χ1) is 7.24. The molecular weight excluding hydrogens is 208 g/mol. The zero-order valence-corrected chi connectivity index (χ0v) is 9.00. The Morgan fingerprint density at radius 1 is 1.53 bits per heavy atom. The number of ketones is 1. The van der Waals surface area contributed by atoms with Crippen LogP contribution in [0.25, 0.3) is 0 Å². The fraction of sp³-hybridized carbons (Fsp3) is 0.154. The summed E-state index contributed by atoms with van der Waals surface area (Å²) in [5.41, 5.74) is 0.597. The van der Waals surface area contributed by atoms with Crippen molar-refractivity contribution in [1.29, 1.82) is 0 Å². The van der Waals surface area contributed by atoms with E-state index >= 15 is 0 Å². The van der Waals surface area contributed by atoms with Crippen LogP contribution in [0.2, 0.25) is 5.02 Å². The van der Waals surface area contributed by atoms with Crippen molar-refractivity contribution in [2.75, 3.05) is 0 Å². The molecule has 1 rings (SSSR count). The number of rotatable bonds is 4. The quantitative estimate of drug-likeness (QED) is 0.327. The second-order valence-corrected chi connectivity index (χ2v) is 3.46. The van der Waals surface area contributed by atoms with E-state index in [1.54, 1.807) is 30.3 Å². The third-order valence-corrected chi connectivity index (χ3v) is 2.07. The van der Waals surface area contributed by atoms with Crippen molar-refractivity contribution in [1.82, 2.24) is 0 Å². The normalized spacial score (nSPS) is 10.1. The summed E-state index contributed by atoms with van der Waals surface area (Å²) in [4.78, 5) is 11.6. The molecule has 1 aromatic rings. The van der Waals surface area contributed by atoms with E-state index in [1.807, 2.05) is 0 Å². The molecular formula is C13H11ClO. The van der Waals surface area contributed by atoms with Crippen LogP contribution in [0, 0.1) is 12.3 Å².